The predicted molar refractivity (Wildman–Crippen MR) is 104 cm³/mol. The molecule has 0 aliphatic carbocycles. The van der Waals surface area contributed by atoms with Crippen LogP contribution < -0.4 is 0 Å². The Morgan fingerprint density at radius 3 is 1.96 bits per heavy atom. The Balaban J connectivity index is 2.03. The molecule has 0 bridgehead atoms. The summed E-state index contributed by atoms with van der Waals surface area (Å²) >= 11 is 0. The fraction of sp³-hybridized carbons (Fsp3) is 0.727. The lowest BCUT2D eigenvalue weighted by molar-refractivity contribution is -0.0190. The molecular weight excluding hydrogens is 296 g/mol. The van der Waals surface area contributed by atoms with Gasteiger partial charge in [0.1, 0.15) is 5.75 Å². The molecule has 0 saturated heterocycles. The van der Waals surface area contributed by atoms with Gasteiger partial charge >= 0.3 is 0 Å². The van der Waals surface area contributed by atoms with Crippen molar-refractivity contribution >= 4 is 0 Å². The second kappa shape index (κ2) is 12.4. The third kappa shape index (κ3) is 9.97. The molecule has 0 spiro atoms. The number of aromatic hydroxyl groups is 1. The van der Waals surface area contributed by atoms with E-state index in [1.807, 2.05) is 18.2 Å². The summed E-state index contributed by atoms with van der Waals surface area (Å²) in [5.74, 6) is 0.369. The summed E-state index contributed by atoms with van der Waals surface area (Å²) in [4.78, 5) is 0. The van der Waals surface area contributed by atoms with Crippen LogP contribution in [-0.2, 0) is 11.2 Å². The van der Waals surface area contributed by atoms with E-state index in [4.69, 9.17) is 4.74 Å². The highest BCUT2D eigenvalue weighted by atomic mass is 16.5. The summed E-state index contributed by atoms with van der Waals surface area (Å²) in [7, 11) is 0. The Morgan fingerprint density at radius 1 is 0.833 bits per heavy atom. The average molecular weight is 335 g/mol. The van der Waals surface area contributed by atoms with E-state index in [2.05, 4.69) is 20.8 Å². The van der Waals surface area contributed by atoms with Crippen LogP contribution in [0.1, 0.15) is 90.5 Å². The lowest BCUT2D eigenvalue weighted by Crippen LogP contribution is -2.28. The SMILES string of the molecule is CCCCCCCCCCCCOC(C)(C)Cc1ccccc1O. The van der Waals surface area contributed by atoms with Gasteiger partial charge in [0.25, 0.3) is 0 Å². The molecule has 1 rings (SSSR count). The zero-order chi connectivity index (χ0) is 17.7. The first-order valence-corrected chi connectivity index (χ1v) is 9.96. The van der Waals surface area contributed by atoms with Crippen LogP contribution in [0.4, 0.5) is 0 Å². The first-order chi connectivity index (χ1) is 11.5. The average Bonchev–Trinajstić information content (AvgIpc) is 2.54. The van der Waals surface area contributed by atoms with E-state index < -0.39 is 0 Å². The lowest BCUT2D eigenvalue weighted by atomic mass is 9.97. The maximum Gasteiger partial charge on any atom is 0.118 e. The van der Waals surface area contributed by atoms with E-state index >= 15 is 0 Å². The Kier molecular flexibility index (Phi) is 10.8. The molecule has 1 aromatic carbocycles. The second-order valence-electron chi connectivity index (χ2n) is 7.60. The molecule has 0 aliphatic heterocycles. The summed E-state index contributed by atoms with van der Waals surface area (Å²) in [5.41, 5.74) is 0.739. The standard InChI is InChI=1S/C22H38O2/c1-4-5-6-7-8-9-10-11-12-15-18-24-22(2,3)19-20-16-13-14-17-21(20)23/h13-14,16-17,23H,4-12,15,18-19H2,1-3H3. The maximum atomic E-state index is 9.88. The summed E-state index contributed by atoms with van der Waals surface area (Å²) in [6, 6.07) is 7.54. The molecule has 1 N–H and O–H groups in total. The first-order valence-electron chi connectivity index (χ1n) is 9.96. The van der Waals surface area contributed by atoms with Crippen molar-refractivity contribution in [2.45, 2.75) is 97.0 Å². The van der Waals surface area contributed by atoms with E-state index in [9.17, 15) is 5.11 Å². The van der Waals surface area contributed by atoms with E-state index in [-0.39, 0.29) is 5.60 Å². The van der Waals surface area contributed by atoms with Gasteiger partial charge in [-0.05, 0) is 31.9 Å². The second-order valence-corrected chi connectivity index (χ2v) is 7.60. The number of rotatable bonds is 14. The summed E-state index contributed by atoms with van der Waals surface area (Å²) in [5, 5.41) is 9.88. The molecule has 138 valence electrons. The molecule has 1 aromatic rings. The molecule has 0 saturated carbocycles. The van der Waals surface area contributed by atoms with Crippen LogP contribution in [-0.4, -0.2) is 17.3 Å². The zero-order valence-corrected chi connectivity index (χ0v) is 16.2. The summed E-state index contributed by atoms with van der Waals surface area (Å²) in [6.45, 7) is 7.30. The van der Waals surface area contributed by atoms with Crippen molar-refractivity contribution in [3.63, 3.8) is 0 Å². The fourth-order valence-corrected chi connectivity index (χ4v) is 3.11. The number of para-hydroxylation sites is 1. The highest BCUT2D eigenvalue weighted by Gasteiger charge is 2.20. The van der Waals surface area contributed by atoms with Gasteiger partial charge in [-0.25, -0.2) is 0 Å². The molecule has 0 atom stereocenters. The van der Waals surface area contributed by atoms with Gasteiger partial charge in [0.2, 0.25) is 0 Å². The Labute approximate surface area is 149 Å². The minimum atomic E-state index is -0.224. The van der Waals surface area contributed by atoms with Crippen molar-refractivity contribution < 1.29 is 9.84 Å². The summed E-state index contributed by atoms with van der Waals surface area (Å²) in [6.07, 6.45) is 14.2. The number of hydrogen-bond acceptors (Lipinski definition) is 2. The van der Waals surface area contributed by atoms with Gasteiger partial charge in [-0.1, -0.05) is 82.9 Å². The third-order valence-corrected chi connectivity index (χ3v) is 4.60. The molecule has 0 aliphatic rings. The highest BCUT2D eigenvalue weighted by Crippen LogP contribution is 2.24. The van der Waals surface area contributed by atoms with Crippen molar-refractivity contribution in [2.24, 2.45) is 0 Å². The van der Waals surface area contributed by atoms with Crippen LogP contribution in [0.25, 0.3) is 0 Å². The Morgan fingerprint density at radius 2 is 1.38 bits per heavy atom. The Bertz CT molecular complexity index is 426. The normalized spacial score (nSPS) is 11.8. The van der Waals surface area contributed by atoms with Crippen molar-refractivity contribution in [3.05, 3.63) is 29.8 Å². The van der Waals surface area contributed by atoms with Crippen molar-refractivity contribution in [1.29, 1.82) is 0 Å². The van der Waals surface area contributed by atoms with Gasteiger partial charge < -0.3 is 9.84 Å². The number of benzene rings is 1. The molecular formula is C22H38O2. The van der Waals surface area contributed by atoms with Crippen LogP contribution in [0.5, 0.6) is 5.75 Å². The van der Waals surface area contributed by atoms with E-state index in [0.29, 0.717) is 5.75 Å². The molecule has 0 amide bonds. The van der Waals surface area contributed by atoms with Crippen LogP contribution in [0.15, 0.2) is 24.3 Å². The third-order valence-electron chi connectivity index (χ3n) is 4.60. The summed E-state index contributed by atoms with van der Waals surface area (Å²) < 4.78 is 6.05. The van der Waals surface area contributed by atoms with Crippen molar-refractivity contribution in [3.8, 4) is 5.75 Å². The minimum absolute atomic E-state index is 0.224. The van der Waals surface area contributed by atoms with E-state index in [1.54, 1.807) is 6.07 Å². The molecule has 0 radical (unpaired) electrons. The Hall–Kier alpha value is -1.02. The molecule has 0 unspecified atom stereocenters. The van der Waals surface area contributed by atoms with E-state index in [1.165, 1.54) is 57.8 Å². The number of phenolic OH excluding ortho intramolecular Hbond substituents is 1. The van der Waals surface area contributed by atoms with Gasteiger partial charge in [0, 0.05) is 13.0 Å². The van der Waals surface area contributed by atoms with Crippen LogP contribution in [0, 0.1) is 0 Å². The zero-order valence-electron chi connectivity index (χ0n) is 16.2. The van der Waals surface area contributed by atoms with Gasteiger partial charge in [-0.3, -0.25) is 0 Å². The minimum Gasteiger partial charge on any atom is -0.508 e. The van der Waals surface area contributed by atoms with Crippen LogP contribution in [0.2, 0.25) is 0 Å². The fourth-order valence-electron chi connectivity index (χ4n) is 3.11. The smallest absolute Gasteiger partial charge is 0.118 e. The maximum absolute atomic E-state index is 9.88. The van der Waals surface area contributed by atoms with Gasteiger partial charge in [0.15, 0.2) is 0 Å². The molecule has 0 heterocycles. The largest absolute Gasteiger partial charge is 0.508 e. The van der Waals surface area contributed by atoms with Crippen molar-refractivity contribution in [1.82, 2.24) is 0 Å². The molecule has 2 nitrogen and oxygen atoms in total. The number of ether oxygens (including phenoxy) is 1. The van der Waals surface area contributed by atoms with Crippen molar-refractivity contribution in [2.75, 3.05) is 6.61 Å². The van der Waals surface area contributed by atoms with Gasteiger partial charge in [0.05, 0.1) is 5.60 Å². The van der Waals surface area contributed by atoms with Crippen LogP contribution >= 0.6 is 0 Å². The molecule has 2 heteroatoms. The van der Waals surface area contributed by atoms with Crippen LogP contribution in [0.3, 0.4) is 0 Å². The number of unbranched alkanes of at least 4 members (excludes halogenated alkanes) is 9. The quantitative estimate of drug-likeness (QED) is 0.386. The highest BCUT2D eigenvalue weighted by molar-refractivity contribution is 5.32. The molecule has 0 aromatic heterocycles. The van der Waals surface area contributed by atoms with Gasteiger partial charge in [-0.2, -0.15) is 0 Å². The van der Waals surface area contributed by atoms with Gasteiger partial charge in [-0.15, -0.1) is 0 Å². The number of phenols is 1. The molecule has 24 heavy (non-hydrogen) atoms. The molecule has 0 fully saturated rings. The number of hydrogen-bond donors (Lipinski definition) is 1. The topological polar surface area (TPSA) is 29.5 Å². The first kappa shape index (κ1) is 21.0. The lowest BCUT2D eigenvalue weighted by Gasteiger charge is -2.26. The predicted octanol–water partition coefficient (Wildman–Crippen LogP) is 6.65. The van der Waals surface area contributed by atoms with E-state index in [0.717, 1.165) is 25.0 Å². The monoisotopic (exact) mass is 334 g/mol.